The molecule has 0 bridgehead atoms. The summed E-state index contributed by atoms with van der Waals surface area (Å²) in [6.45, 7) is 4.33. The highest BCUT2D eigenvalue weighted by Crippen LogP contribution is 2.23. The Bertz CT molecular complexity index is 886. The maximum absolute atomic E-state index is 12.7. The molecule has 2 aromatic carbocycles. The third kappa shape index (κ3) is 5.28. The van der Waals surface area contributed by atoms with Crippen LogP contribution in [0.3, 0.4) is 0 Å². The molecule has 0 spiro atoms. The van der Waals surface area contributed by atoms with Gasteiger partial charge in [-0.25, -0.2) is 4.68 Å². The Morgan fingerprint density at radius 2 is 1.63 bits per heavy atom. The van der Waals surface area contributed by atoms with Crippen LogP contribution < -0.4 is 5.32 Å². The number of amides is 1. The van der Waals surface area contributed by atoms with Gasteiger partial charge in [0.05, 0.1) is 19.8 Å². The molecule has 1 saturated heterocycles. The van der Waals surface area contributed by atoms with Crippen LogP contribution in [-0.2, 0) is 22.6 Å². The van der Waals surface area contributed by atoms with E-state index in [1.54, 1.807) is 4.68 Å². The Hall–Kier alpha value is -3.10. The first kappa shape index (κ1) is 20.2. The van der Waals surface area contributed by atoms with Crippen LogP contribution >= 0.6 is 0 Å². The highest BCUT2D eigenvalue weighted by molar-refractivity contribution is 5.75. The van der Waals surface area contributed by atoms with Crippen LogP contribution in [-0.4, -0.2) is 63.9 Å². The van der Waals surface area contributed by atoms with Gasteiger partial charge >= 0.3 is 0 Å². The summed E-state index contributed by atoms with van der Waals surface area (Å²) in [6, 6.07) is 20.4. The smallest absolute Gasteiger partial charge is 0.241 e. The molecule has 8 nitrogen and oxygen atoms in total. The molecule has 1 amide bonds. The first-order chi connectivity index (χ1) is 14.8. The van der Waals surface area contributed by atoms with Crippen LogP contribution in [0, 0.1) is 0 Å². The van der Waals surface area contributed by atoms with Crippen molar-refractivity contribution in [2.45, 2.75) is 19.0 Å². The molecule has 0 aliphatic carbocycles. The molecule has 1 aliphatic heterocycles. The normalized spacial score (nSPS) is 14.7. The Morgan fingerprint density at radius 3 is 2.27 bits per heavy atom. The van der Waals surface area contributed by atoms with E-state index in [9.17, 15) is 4.79 Å². The predicted molar refractivity (Wildman–Crippen MR) is 112 cm³/mol. The third-order valence-corrected chi connectivity index (χ3v) is 5.28. The van der Waals surface area contributed by atoms with E-state index in [4.69, 9.17) is 4.74 Å². The number of carbonyl (C=O) groups is 1. The van der Waals surface area contributed by atoms with Gasteiger partial charge in [-0.1, -0.05) is 60.7 Å². The molecule has 1 aliphatic rings. The van der Waals surface area contributed by atoms with Crippen LogP contribution in [0.25, 0.3) is 0 Å². The highest BCUT2D eigenvalue weighted by atomic mass is 16.5. The van der Waals surface area contributed by atoms with Crippen molar-refractivity contribution in [3.63, 3.8) is 0 Å². The summed E-state index contributed by atoms with van der Waals surface area (Å²) >= 11 is 0. The number of aromatic nitrogens is 4. The fourth-order valence-electron chi connectivity index (χ4n) is 3.63. The summed E-state index contributed by atoms with van der Waals surface area (Å²) < 4.78 is 6.95. The van der Waals surface area contributed by atoms with E-state index in [2.05, 4.69) is 50.0 Å². The Labute approximate surface area is 175 Å². The quantitative estimate of drug-likeness (QED) is 0.610. The molecule has 30 heavy (non-hydrogen) atoms. The zero-order chi connectivity index (χ0) is 20.6. The molecule has 3 aromatic rings. The molecule has 156 valence electrons. The van der Waals surface area contributed by atoms with Gasteiger partial charge in [0.25, 0.3) is 0 Å². The molecule has 0 radical (unpaired) electrons. The maximum Gasteiger partial charge on any atom is 0.241 e. The van der Waals surface area contributed by atoms with Gasteiger partial charge in [-0.2, -0.15) is 0 Å². The second kappa shape index (κ2) is 10.1. The SMILES string of the molecule is O=C(Cn1nnnc1CN1CCOCC1)NCC(c1ccccc1)c1ccccc1. The van der Waals surface area contributed by atoms with Gasteiger partial charge < -0.3 is 10.1 Å². The van der Waals surface area contributed by atoms with Crippen molar-refractivity contribution in [3.8, 4) is 0 Å². The van der Waals surface area contributed by atoms with E-state index in [-0.39, 0.29) is 18.4 Å². The average Bonchev–Trinajstić information content (AvgIpc) is 3.22. The number of morpholine rings is 1. The van der Waals surface area contributed by atoms with Crippen molar-refractivity contribution < 1.29 is 9.53 Å². The Morgan fingerprint density at radius 1 is 1.00 bits per heavy atom. The van der Waals surface area contributed by atoms with Gasteiger partial charge in [0, 0.05) is 25.6 Å². The first-order valence-corrected chi connectivity index (χ1v) is 10.2. The largest absolute Gasteiger partial charge is 0.379 e. The predicted octanol–water partition coefficient (Wildman–Crippen LogP) is 1.45. The molecular formula is C22H26N6O2. The molecule has 0 saturated carbocycles. The summed E-state index contributed by atoms with van der Waals surface area (Å²) in [5.41, 5.74) is 2.33. The van der Waals surface area contributed by atoms with Gasteiger partial charge in [0.1, 0.15) is 6.54 Å². The first-order valence-electron chi connectivity index (χ1n) is 10.2. The van der Waals surface area contributed by atoms with E-state index in [1.165, 1.54) is 11.1 Å². The minimum atomic E-state index is -0.109. The third-order valence-electron chi connectivity index (χ3n) is 5.28. The monoisotopic (exact) mass is 406 g/mol. The number of carbonyl (C=O) groups excluding carboxylic acids is 1. The highest BCUT2D eigenvalue weighted by Gasteiger charge is 2.18. The van der Waals surface area contributed by atoms with Gasteiger partial charge in [0.15, 0.2) is 5.82 Å². The lowest BCUT2D eigenvalue weighted by Crippen LogP contribution is -2.37. The fourth-order valence-corrected chi connectivity index (χ4v) is 3.63. The standard InChI is InChI=1S/C22H26N6O2/c29-22(17-28-21(24-25-26-28)16-27-11-13-30-14-12-27)23-15-20(18-7-3-1-4-8-18)19-9-5-2-6-10-19/h1-10,20H,11-17H2,(H,23,29). The van der Waals surface area contributed by atoms with Crippen molar-refractivity contribution in [1.29, 1.82) is 0 Å². The molecule has 0 atom stereocenters. The van der Waals surface area contributed by atoms with E-state index in [1.807, 2.05) is 36.4 Å². The lowest BCUT2D eigenvalue weighted by molar-refractivity contribution is -0.121. The molecule has 0 unspecified atom stereocenters. The van der Waals surface area contributed by atoms with Gasteiger partial charge in [0.2, 0.25) is 5.91 Å². The second-order valence-corrected chi connectivity index (χ2v) is 7.32. The van der Waals surface area contributed by atoms with Crippen molar-refractivity contribution in [1.82, 2.24) is 30.4 Å². The summed E-state index contributed by atoms with van der Waals surface area (Å²) in [5.74, 6) is 0.662. The number of nitrogens with zero attached hydrogens (tertiary/aromatic N) is 5. The van der Waals surface area contributed by atoms with Crippen LogP contribution in [0.1, 0.15) is 22.9 Å². The van der Waals surface area contributed by atoms with Crippen LogP contribution in [0.2, 0.25) is 0 Å². The number of hydrogen-bond donors (Lipinski definition) is 1. The van der Waals surface area contributed by atoms with Crippen LogP contribution in [0.5, 0.6) is 0 Å². The summed E-state index contributed by atoms with van der Waals surface area (Å²) in [6.07, 6.45) is 0. The number of tetrazole rings is 1. The van der Waals surface area contributed by atoms with Gasteiger partial charge in [-0.3, -0.25) is 9.69 Å². The lowest BCUT2D eigenvalue weighted by atomic mass is 9.91. The lowest BCUT2D eigenvalue weighted by Gasteiger charge is -2.25. The second-order valence-electron chi connectivity index (χ2n) is 7.32. The molecule has 1 aromatic heterocycles. The zero-order valence-corrected chi connectivity index (χ0v) is 16.9. The molecule has 1 fully saturated rings. The van der Waals surface area contributed by atoms with Crippen molar-refractivity contribution >= 4 is 5.91 Å². The zero-order valence-electron chi connectivity index (χ0n) is 16.9. The molecule has 1 N–H and O–H groups in total. The minimum Gasteiger partial charge on any atom is -0.379 e. The molecular weight excluding hydrogens is 380 g/mol. The van der Waals surface area contributed by atoms with Gasteiger partial charge in [-0.15, -0.1) is 5.10 Å². The topological polar surface area (TPSA) is 85.2 Å². The van der Waals surface area contributed by atoms with E-state index in [0.29, 0.717) is 32.1 Å². The summed E-state index contributed by atoms with van der Waals surface area (Å²) in [7, 11) is 0. The van der Waals surface area contributed by atoms with Crippen LogP contribution in [0.4, 0.5) is 0 Å². The minimum absolute atomic E-state index is 0.0815. The van der Waals surface area contributed by atoms with Crippen LogP contribution in [0.15, 0.2) is 60.7 Å². The average molecular weight is 406 g/mol. The molecule has 8 heteroatoms. The van der Waals surface area contributed by atoms with E-state index < -0.39 is 0 Å². The molecule has 2 heterocycles. The Balaban J connectivity index is 1.38. The Kier molecular flexibility index (Phi) is 6.79. The summed E-state index contributed by atoms with van der Waals surface area (Å²) in [5, 5.41) is 14.9. The van der Waals surface area contributed by atoms with Crippen molar-refractivity contribution in [2.24, 2.45) is 0 Å². The van der Waals surface area contributed by atoms with E-state index in [0.717, 1.165) is 13.1 Å². The van der Waals surface area contributed by atoms with Gasteiger partial charge in [-0.05, 0) is 21.6 Å². The summed E-state index contributed by atoms with van der Waals surface area (Å²) in [4.78, 5) is 14.9. The number of ether oxygens (including phenoxy) is 1. The molecule has 4 rings (SSSR count). The van der Waals surface area contributed by atoms with E-state index >= 15 is 0 Å². The number of nitrogens with one attached hydrogen (secondary N) is 1. The number of rotatable bonds is 8. The number of benzene rings is 2. The van der Waals surface area contributed by atoms with Crippen molar-refractivity contribution in [2.75, 3.05) is 32.8 Å². The number of hydrogen-bond acceptors (Lipinski definition) is 6. The fraction of sp³-hybridized carbons (Fsp3) is 0.364. The van der Waals surface area contributed by atoms with Crippen molar-refractivity contribution in [3.05, 3.63) is 77.6 Å². The maximum atomic E-state index is 12.7.